The fraction of sp³-hybridized carbons (Fsp3) is 1.00. The highest BCUT2D eigenvalue weighted by atomic mass is 15.2. The molecule has 0 aromatic carbocycles. The normalized spacial score (nSPS) is 20.1. The Morgan fingerprint density at radius 2 is 1.88 bits per heavy atom. The highest BCUT2D eigenvalue weighted by Crippen LogP contribution is 2.31. The molecular formula is C14H30N2. The third-order valence-electron chi connectivity index (χ3n) is 3.70. The van der Waals surface area contributed by atoms with Crippen molar-refractivity contribution < 1.29 is 0 Å². The lowest BCUT2D eigenvalue weighted by Crippen LogP contribution is -2.48. The molecule has 0 aliphatic heterocycles. The largest absolute Gasteiger partial charge is 0.326 e. The van der Waals surface area contributed by atoms with Gasteiger partial charge < -0.3 is 5.73 Å². The maximum atomic E-state index is 6.32. The third kappa shape index (κ3) is 4.42. The van der Waals surface area contributed by atoms with Gasteiger partial charge >= 0.3 is 0 Å². The predicted molar refractivity (Wildman–Crippen MR) is 71.6 cm³/mol. The molecule has 2 nitrogen and oxygen atoms in total. The van der Waals surface area contributed by atoms with Gasteiger partial charge in [-0.05, 0) is 44.6 Å². The Hall–Kier alpha value is -0.0800. The predicted octanol–water partition coefficient (Wildman–Crippen LogP) is 3.01. The molecule has 0 amide bonds. The zero-order valence-corrected chi connectivity index (χ0v) is 11.4. The summed E-state index contributed by atoms with van der Waals surface area (Å²) >= 11 is 0. The second-order valence-corrected chi connectivity index (χ2v) is 5.37. The molecule has 0 heterocycles. The van der Waals surface area contributed by atoms with Crippen molar-refractivity contribution in [3.63, 3.8) is 0 Å². The number of rotatable bonds is 9. The van der Waals surface area contributed by atoms with Crippen LogP contribution in [0.4, 0.5) is 0 Å². The van der Waals surface area contributed by atoms with Crippen molar-refractivity contribution >= 4 is 0 Å². The first kappa shape index (κ1) is 14.0. The van der Waals surface area contributed by atoms with Crippen LogP contribution >= 0.6 is 0 Å². The third-order valence-corrected chi connectivity index (χ3v) is 3.70. The zero-order valence-electron chi connectivity index (χ0n) is 11.4. The van der Waals surface area contributed by atoms with Crippen molar-refractivity contribution in [1.29, 1.82) is 0 Å². The highest BCUT2D eigenvalue weighted by molar-refractivity contribution is 4.85. The van der Waals surface area contributed by atoms with E-state index in [1.165, 1.54) is 51.6 Å². The van der Waals surface area contributed by atoms with Gasteiger partial charge in [0.1, 0.15) is 0 Å². The first-order chi connectivity index (χ1) is 7.72. The Bertz CT molecular complexity index is 178. The molecule has 1 saturated carbocycles. The molecule has 0 bridgehead atoms. The number of nitrogens with two attached hydrogens (primary N) is 1. The Kier molecular flexibility index (Phi) is 6.37. The monoisotopic (exact) mass is 226 g/mol. The fourth-order valence-corrected chi connectivity index (χ4v) is 2.67. The van der Waals surface area contributed by atoms with E-state index < -0.39 is 0 Å². The smallest absolute Gasteiger partial charge is 0.0244 e. The minimum absolute atomic E-state index is 0.375. The molecule has 0 radical (unpaired) electrons. The molecule has 1 aliphatic carbocycles. The summed E-state index contributed by atoms with van der Waals surface area (Å²) in [5, 5.41) is 0. The Balaban J connectivity index is 2.48. The quantitative estimate of drug-likeness (QED) is 0.655. The van der Waals surface area contributed by atoms with Crippen molar-refractivity contribution in [3.05, 3.63) is 0 Å². The summed E-state index contributed by atoms with van der Waals surface area (Å²) in [4.78, 5) is 2.66. The molecule has 2 unspecified atom stereocenters. The summed E-state index contributed by atoms with van der Waals surface area (Å²) in [6.45, 7) is 9.32. The second-order valence-electron chi connectivity index (χ2n) is 5.37. The highest BCUT2D eigenvalue weighted by Gasteiger charge is 2.29. The Morgan fingerprint density at radius 1 is 1.19 bits per heavy atom. The molecule has 96 valence electrons. The molecule has 0 aromatic rings. The molecular weight excluding hydrogens is 196 g/mol. The van der Waals surface area contributed by atoms with Crippen molar-refractivity contribution in [2.75, 3.05) is 13.1 Å². The van der Waals surface area contributed by atoms with Gasteiger partial charge in [-0.2, -0.15) is 0 Å². The molecule has 1 rings (SSSR count). The molecule has 0 saturated heterocycles. The van der Waals surface area contributed by atoms with E-state index in [0.717, 1.165) is 5.92 Å². The lowest BCUT2D eigenvalue weighted by atomic mass is 9.99. The zero-order chi connectivity index (χ0) is 12.0. The summed E-state index contributed by atoms with van der Waals surface area (Å²) in [5.41, 5.74) is 6.32. The van der Waals surface area contributed by atoms with Gasteiger partial charge in [0.2, 0.25) is 0 Å². The summed E-state index contributed by atoms with van der Waals surface area (Å²) < 4.78 is 0. The Labute approximate surface area is 102 Å². The van der Waals surface area contributed by atoms with E-state index in [-0.39, 0.29) is 0 Å². The van der Waals surface area contributed by atoms with Crippen LogP contribution < -0.4 is 5.73 Å². The first-order valence-corrected chi connectivity index (χ1v) is 7.22. The van der Waals surface area contributed by atoms with Crippen molar-refractivity contribution in [1.82, 2.24) is 4.90 Å². The number of nitrogens with zero attached hydrogens (tertiary/aromatic N) is 1. The molecule has 2 heteroatoms. The van der Waals surface area contributed by atoms with Gasteiger partial charge in [-0.15, -0.1) is 0 Å². The maximum absolute atomic E-state index is 6.32. The molecule has 2 atom stereocenters. The minimum Gasteiger partial charge on any atom is -0.326 e. The van der Waals surface area contributed by atoms with Gasteiger partial charge in [0.15, 0.2) is 0 Å². The van der Waals surface area contributed by atoms with E-state index in [1.54, 1.807) is 0 Å². The van der Waals surface area contributed by atoms with Crippen LogP contribution in [0.5, 0.6) is 0 Å². The second kappa shape index (κ2) is 7.29. The van der Waals surface area contributed by atoms with E-state index in [1.807, 2.05) is 0 Å². The van der Waals surface area contributed by atoms with E-state index in [2.05, 4.69) is 25.7 Å². The maximum Gasteiger partial charge on any atom is 0.0244 e. The van der Waals surface area contributed by atoms with Gasteiger partial charge in [-0.25, -0.2) is 0 Å². The van der Waals surface area contributed by atoms with Gasteiger partial charge in [0, 0.05) is 18.6 Å². The van der Waals surface area contributed by atoms with Crippen LogP contribution in [0.2, 0.25) is 0 Å². The summed E-state index contributed by atoms with van der Waals surface area (Å²) in [5.74, 6) is 0.981. The number of hydrogen-bond donors (Lipinski definition) is 1. The summed E-state index contributed by atoms with van der Waals surface area (Å²) in [7, 11) is 0. The van der Waals surface area contributed by atoms with Crippen molar-refractivity contribution in [2.24, 2.45) is 11.7 Å². The van der Waals surface area contributed by atoms with Gasteiger partial charge in [0.05, 0.1) is 0 Å². The molecule has 0 spiro atoms. The van der Waals surface area contributed by atoms with Crippen molar-refractivity contribution in [2.45, 2.75) is 71.4 Å². The number of hydrogen-bond acceptors (Lipinski definition) is 2. The van der Waals surface area contributed by atoms with Crippen LogP contribution in [-0.4, -0.2) is 30.1 Å². The van der Waals surface area contributed by atoms with Crippen LogP contribution in [-0.2, 0) is 0 Å². The molecule has 1 fully saturated rings. The topological polar surface area (TPSA) is 29.3 Å². The van der Waals surface area contributed by atoms with Gasteiger partial charge in [-0.3, -0.25) is 4.90 Å². The van der Waals surface area contributed by atoms with Gasteiger partial charge in [-0.1, -0.05) is 27.2 Å². The van der Waals surface area contributed by atoms with Gasteiger partial charge in [0.25, 0.3) is 0 Å². The molecule has 16 heavy (non-hydrogen) atoms. The van der Waals surface area contributed by atoms with Crippen LogP contribution in [0, 0.1) is 5.92 Å². The average molecular weight is 226 g/mol. The molecule has 1 aliphatic rings. The van der Waals surface area contributed by atoms with Crippen LogP contribution in [0.1, 0.15) is 59.3 Å². The minimum atomic E-state index is 0.375. The standard InChI is InChI=1S/C14H30N2/c1-4-7-13(15)14(6-3)16(10-5-2)11-12-8-9-12/h12-14H,4-11,15H2,1-3H3. The first-order valence-electron chi connectivity index (χ1n) is 7.22. The Morgan fingerprint density at radius 3 is 2.31 bits per heavy atom. The summed E-state index contributed by atoms with van der Waals surface area (Å²) in [6.07, 6.45) is 7.72. The van der Waals surface area contributed by atoms with E-state index in [9.17, 15) is 0 Å². The van der Waals surface area contributed by atoms with E-state index in [4.69, 9.17) is 5.73 Å². The van der Waals surface area contributed by atoms with Crippen LogP contribution in [0.15, 0.2) is 0 Å². The summed E-state index contributed by atoms with van der Waals surface area (Å²) in [6, 6.07) is 0.987. The van der Waals surface area contributed by atoms with E-state index in [0.29, 0.717) is 12.1 Å². The fourth-order valence-electron chi connectivity index (χ4n) is 2.67. The molecule has 2 N–H and O–H groups in total. The average Bonchev–Trinajstić information content (AvgIpc) is 3.03. The van der Waals surface area contributed by atoms with E-state index >= 15 is 0 Å². The lowest BCUT2D eigenvalue weighted by Gasteiger charge is -2.35. The van der Waals surface area contributed by atoms with Crippen LogP contribution in [0.3, 0.4) is 0 Å². The van der Waals surface area contributed by atoms with Crippen molar-refractivity contribution in [3.8, 4) is 0 Å². The lowest BCUT2D eigenvalue weighted by molar-refractivity contribution is 0.154. The molecule has 0 aromatic heterocycles. The SMILES string of the molecule is CCCC(N)C(CC)N(CCC)CC1CC1. The van der Waals surface area contributed by atoms with Crippen LogP contribution in [0.25, 0.3) is 0 Å².